The zero-order chi connectivity index (χ0) is 62.9. The van der Waals surface area contributed by atoms with Crippen LogP contribution in [-0.4, -0.2) is 154 Å². The van der Waals surface area contributed by atoms with Crippen molar-refractivity contribution in [2.75, 3.05) is 63.8 Å². The molecule has 88 heavy (non-hydrogen) atoms. The van der Waals surface area contributed by atoms with E-state index in [9.17, 15) is 54.0 Å². The van der Waals surface area contributed by atoms with Crippen molar-refractivity contribution in [3.05, 3.63) is 169 Å². The Hall–Kier alpha value is -8.24. The van der Waals surface area contributed by atoms with Gasteiger partial charge in [-0.3, -0.25) is 38.3 Å². The number of anilines is 2. The Labute approximate surface area is 521 Å². The number of nitrogens with two attached hydrogens (primary N) is 1. The van der Waals surface area contributed by atoms with Crippen molar-refractivity contribution >= 4 is 89.5 Å². The van der Waals surface area contributed by atoms with Gasteiger partial charge in [-0.05, 0) is 105 Å². The third-order valence-electron chi connectivity index (χ3n) is 14.9. The maximum Gasteiger partial charge on any atom is 0.335 e. The zero-order valence-corrected chi connectivity index (χ0v) is 51.2. The molecule has 2 aromatic heterocycles. The number of imide groups is 1. The number of halogens is 2. The summed E-state index contributed by atoms with van der Waals surface area (Å²) < 4.78 is 33.3. The number of amides is 4. The van der Waals surface area contributed by atoms with Crippen LogP contribution in [0.3, 0.4) is 0 Å². The molecular weight excluding hydrogens is 1270 g/mol. The molecule has 5 atom stereocenters. The maximum atomic E-state index is 14.9. The molecule has 4 amide bonds. The van der Waals surface area contributed by atoms with E-state index in [0.29, 0.717) is 33.6 Å². The first-order valence-electron chi connectivity index (χ1n) is 28.0. The van der Waals surface area contributed by atoms with Gasteiger partial charge in [0, 0.05) is 73.1 Å². The van der Waals surface area contributed by atoms with Gasteiger partial charge in [0.1, 0.15) is 38.6 Å². The molecule has 5 aromatic carbocycles. The number of nitrogens with zero attached hydrogens (tertiary/aromatic N) is 4. The van der Waals surface area contributed by atoms with Crippen LogP contribution in [0.25, 0.3) is 39.0 Å². The van der Waals surface area contributed by atoms with Crippen molar-refractivity contribution in [2.45, 2.75) is 63.9 Å². The number of nitrogen functional groups attached to an aromatic ring is 1. The minimum absolute atomic E-state index is 0.0129. The molecule has 0 aliphatic carbocycles. The molecule has 4 heterocycles. The normalized spacial score (nSPS) is 17.6. The number of carboxylic acid groups (broad SMARTS) is 1. The number of aliphatic hydroxyl groups is 3. The second-order valence-electron chi connectivity index (χ2n) is 20.8. The number of carboxylic acids is 1. The number of ether oxygens (including phenoxy) is 5. The highest BCUT2D eigenvalue weighted by Gasteiger charge is 2.48. The van der Waals surface area contributed by atoms with Gasteiger partial charge in [-0.15, -0.1) is 0 Å². The Morgan fingerprint density at radius 1 is 0.716 bits per heavy atom. The van der Waals surface area contributed by atoms with E-state index in [4.69, 9.17) is 29.4 Å². The van der Waals surface area contributed by atoms with E-state index in [1.165, 1.54) is 10.7 Å². The summed E-state index contributed by atoms with van der Waals surface area (Å²) in [6, 6.07) is 36.2. The number of aryl methyl sites for hydroxylation is 2. The van der Waals surface area contributed by atoms with Crippen LogP contribution in [0.4, 0.5) is 11.4 Å². The second-order valence-corrected chi connectivity index (χ2v) is 22.3. The van der Waals surface area contributed by atoms with Crippen LogP contribution in [0.5, 0.6) is 5.75 Å². The average molecular weight is 1340 g/mol. The highest BCUT2D eigenvalue weighted by atomic mass is 79.9. The number of carbonyl (C=O) groups excluding carboxylic acids is 5. The lowest BCUT2D eigenvalue weighted by atomic mass is 9.91. The van der Waals surface area contributed by atoms with Gasteiger partial charge in [0.2, 0.25) is 29.4 Å². The summed E-state index contributed by atoms with van der Waals surface area (Å²) in [5.74, 6) is -4.07. The molecule has 2 aliphatic rings. The largest absolute Gasteiger partial charge is 0.479 e. The number of fused-ring (bicyclic) bond motifs is 1. The summed E-state index contributed by atoms with van der Waals surface area (Å²) in [5, 5.41) is 47.7. The first-order chi connectivity index (χ1) is 42.2. The fourth-order valence-electron chi connectivity index (χ4n) is 10.4. The van der Waals surface area contributed by atoms with E-state index in [1.54, 1.807) is 42.1 Å². The number of ketones is 1. The van der Waals surface area contributed by atoms with Gasteiger partial charge >= 0.3 is 5.97 Å². The average Bonchev–Trinajstić information content (AvgIpc) is 1.63. The molecule has 25 heteroatoms. The van der Waals surface area contributed by atoms with Gasteiger partial charge < -0.3 is 60.5 Å². The van der Waals surface area contributed by atoms with Gasteiger partial charge in [0.15, 0.2) is 18.3 Å². The first kappa shape index (κ1) is 64.2. The maximum absolute atomic E-state index is 14.9. The number of rotatable bonds is 26. The van der Waals surface area contributed by atoms with Crippen LogP contribution < -0.4 is 31.2 Å². The van der Waals surface area contributed by atoms with Crippen molar-refractivity contribution in [1.82, 2.24) is 19.6 Å². The Balaban J connectivity index is 0.869. The predicted octanol–water partition coefficient (Wildman–Crippen LogP) is 4.95. The standard InChI is InChI=1S/C63H63Br2N7O16/c1-35-14-19-42(54(75)49-53(38-10-6-4-7-11-38)69(3)72(59(49)79)41-12-8-5-9-13-41)52(66)48(35)40-18-20-44-39(33-40)17-15-36(2)71(44)34-37-16-21-45(87-63-57(78)55(76)56(77)58(88-63)62(82)83)43(32-37)68-47(74)22-24-67-46(73)23-26-84-28-30-86-31-29-85-27-25-70-60(80)50(64)51(65)61(70)81/h4-21,32-33,55-58,63,76-78H,22-31,34H2,1-3H3,(H4-,66,67,68,73,74,75,82,83)/p+1/t55-,56-,57+,58-,63+/m0/s1. The van der Waals surface area contributed by atoms with E-state index in [0.717, 1.165) is 27.1 Å². The highest BCUT2D eigenvalue weighted by Crippen LogP contribution is 2.37. The smallest absolute Gasteiger partial charge is 0.335 e. The van der Waals surface area contributed by atoms with Crippen molar-refractivity contribution in [2.24, 2.45) is 7.05 Å². The fraction of sp³-hybridized carbons (Fsp3) is 0.302. The first-order valence-corrected chi connectivity index (χ1v) is 29.6. The zero-order valence-electron chi connectivity index (χ0n) is 48.0. The lowest BCUT2D eigenvalue weighted by Gasteiger charge is -2.38. The third kappa shape index (κ3) is 14.2. The molecule has 8 N–H and O–H groups in total. The Morgan fingerprint density at radius 2 is 1.38 bits per heavy atom. The second kappa shape index (κ2) is 28.7. The molecule has 0 bridgehead atoms. The van der Waals surface area contributed by atoms with Crippen LogP contribution in [0, 0.1) is 13.8 Å². The number of aromatic nitrogens is 3. The van der Waals surface area contributed by atoms with E-state index >= 15 is 0 Å². The molecule has 2 aliphatic heterocycles. The monoisotopic (exact) mass is 1330 g/mol. The number of hydrogen-bond donors (Lipinski definition) is 7. The van der Waals surface area contributed by atoms with Crippen molar-refractivity contribution < 1.29 is 77.4 Å². The number of para-hydroxylation sites is 1. The van der Waals surface area contributed by atoms with Gasteiger partial charge in [-0.2, -0.15) is 4.57 Å². The summed E-state index contributed by atoms with van der Waals surface area (Å²) in [5.41, 5.74) is 13.0. The van der Waals surface area contributed by atoms with E-state index in [2.05, 4.69) is 42.5 Å². The number of nitrogens with one attached hydrogen (secondary N) is 2. The molecule has 460 valence electrons. The molecule has 0 unspecified atom stereocenters. The lowest BCUT2D eigenvalue weighted by Crippen LogP contribution is -2.61. The number of carbonyl (C=O) groups is 6. The molecule has 9 rings (SSSR count). The fourth-order valence-corrected chi connectivity index (χ4v) is 11.1. The minimum atomic E-state index is -1.98. The van der Waals surface area contributed by atoms with Crippen LogP contribution in [0.15, 0.2) is 135 Å². The van der Waals surface area contributed by atoms with Gasteiger partial charge in [-0.25, -0.2) is 9.48 Å². The van der Waals surface area contributed by atoms with E-state index in [1.807, 2.05) is 103 Å². The van der Waals surface area contributed by atoms with Crippen LogP contribution >= 0.6 is 31.9 Å². The third-order valence-corrected chi connectivity index (χ3v) is 16.9. The minimum Gasteiger partial charge on any atom is -0.479 e. The van der Waals surface area contributed by atoms with E-state index in [-0.39, 0.29) is 115 Å². The number of aliphatic carboxylic acids is 1. The summed E-state index contributed by atoms with van der Waals surface area (Å²) in [6.45, 7) is 5.10. The molecule has 0 saturated carbocycles. The van der Waals surface area contributed by atoms with Gasteiger partial charge in [-0.1, -0.05) is 54.6 Å². The summed E-state index contributed by atoms with van der Waals surface area (Å²) >= 11 is 6.15. The summed E-state index contributed by atoms with van der Waals surface area (Å²) in [6.07, 6.45) is -9.82. The van der Waals surface area contributed by atoms with Crippen molar-refractivity contribution in [3.63, 3.8) is 0 Å². The summed E-state index contributed by atoms with van der Waals surface area (Å²) in [4.78, 5) is 92.8. The molecule has 1 saturated heterocycles. The number of benzene rings is 5. The van der Waals surface area contributed by atoms with Crippen molar-refractivity contribution in [3.8, 4) is 33.8 Å². The van der Waals surface area contributed by atoms with Crippen LogP contribution in [-0.2, 0) is 56.5 Å². The highest BCUT2D eigenvalue weighted by molar-refractivity contribution is 9.14. The molecule has 0 radical (unpaired) electrons. The van der Waals surface area contributed by atoms with Crippen LogP contribution in [0.2, 0.25) is 0 Å². The Bertz CT molecular complexity index is 3870. The Morgan fingerprint density at radius 3 is 2.06 bits per heavy atom. The quantitative estimate of drug-likeness (QED) is 0.0124. The molecule has 23 nitrogen and oxygen atoms in total. The predicted molar refractivity (Wildman–Crippen MR) is 329 cm³/mol. The molecule has 7 aromatic rings. The lowest BCUT2D eigenvalue weighted by molar-refractivity contribution is -0.668. The number of pyridine rings is 1. The Kier molecular flexibility index (Phi) is 21.0. The van der Waals surface area contributed by atoms with Gasteiger partial charge in [0.05, 0.1) is 68.9 Å². The van der Waals surface area contributed by atoms with E-state index < -0.39 is 65.7 Å². The number of aliphatic hydroxyl groups excluding tert-OH is 3. The van der Waals surface area contributed by atoms with Crippen LogP contribution in [0.1, 0.15) is 45.6 Å². The molecular formula is C63H64Br2N7O16+. The summed E-state index contributed by atoms with van der Waals surface area (Å²) in [7, 11) is 1.74. The van der Waals surface area contributed by atoms with Gasteiger partial charge in [0.25, 0.3) is 17.4 Å². The number of hydrogen-bond acceptors (Lipinski definition) is 16. The van der Waals surface area contributed by atoms with Crippen molar-refractivity contribution in [1.29, 1.82) is 0 Å². The SMILES string of the molecule is Cc1ccc(C(=O)c2c(-c3ccccc3)n(C)n(-c3ccccc3)c2=O)c(N)c1-c1ccc2c(ccc(C)[n+]2Cc2ccc(O[C@@H]3O[C@H](C(=O)O)[C@@H](O)[C@H](O)[C@H]3O)c(NC(=O)CCNC(=O)CCOCCOCCOCCN3C(=O)C(Br)=C(Br)C3=O)c2)c1. The molecule has 1 fully saturated rings. The topological polar surface area (TPSA) is 314 Å². The molecule has 0 spiro atoms.